The predicted octanol–water partition coefficient (Wildman–Crippen LogP) is 3.71. The van der Waals surface area contributed by atoms with E-state index < -0.39 is 11.5 Å². The number of aliphatic hydroxyl groups excluding tert-OH is 2. The molecule has 0 unspecified atom stereocenters. The number of likely N-dealkylation sites (tertiary alicyclic amines) is 1. The Labute approximate surface area is 159 Å². The van der Waals surface area contributed by atoms with Crippen molar-refractivity contribution >= 4 is 17.2 Å². The van der Waals surface area contributed by atoms with Crippen LogP contribution in [0.5, 0.6) is 0 Å². The summed E-state index contributed by atoms with van der Waals surface area (Å²) in [6.07, 6.45) is 1.65. The first-order chi connectivity index (χ1) is 12.5. The fourth-order valence-electron chi connectivity index (χ4n) is 3.87. The molecule has 1 aliphatic rings. The first-order valence-electron chi connectivity index (χ1n) is 9.25. The van der Waals surface area contributed by atoms with Gasteiger partial charge in [0, 0.05) is 23.4 Å². The number of carbonyl (C=O) groups is 1. The summed E-state index contributed by atoms with van der Waals surface area (Å²) < 4.78 is 0. The largest absolute Gasteiger partial charge is 0.396 e. The van der Waals surface area contributed by atoms with Crippen molar-refractivity contribution in [2.24, 2.45) is 5.41 Å². The van der Waals surface area contributed by atoms with Crippen molar-refractivity contribution in [1.82, 2.24) is 4.90 Å². The SMILES string of the molecule is CCC[C@]1(CO)CCN(C(=O)c2cc(C)c(-c3ccccc3)s2)C[C@H]1O. The minimum absolute atomic E-state index is 0.0256. The Morgan fingerprint density at radius 1 is 1.35 bits per heavy atom. The smallest absolute Gasteiger partial charge is 0.264 e. The number of β-amino-alcohol motifs (C(OH)–C–C–N with tert-alkyl or cyclic N) is 1. The Bertz CT molecular complexity index is 758. The van der Waals surface area contributed by atoms with E-state index in [0.29, 0.717) is 17.8 Å². The molecule has 26 heavy (non-hydrogen) atoms. The summed E-state index contributed by atoms with van der Waals surface area (Å²) in [4.78, 5) is 16.5. The molecule has 1 aliphatic heterocycles. The summed E-state index contributed by atoms with van der Waals surface area (Å²) in [5.41, 5.74) is 1.75. The van der Waals surface area contributed by atoms with E-state index in [0.717, 1.165) is 28.8 Å². The number of rotatable bonds is 5. The molecule has 0 spiro atoms. The van der Waals surface area contributed by atoms with Gasteiger partial charge in [0.15, 0.2) is 0 Å². The second-order valence-corrected chi connectivity index (χ2v) is 8.33. The first-order valence-corrected chi connectivity index (χ1v) is 10.1. The molecule has 1 amide bonds. The number of nitrogens with zero attached hydrogens (tertiary/aromatic N) is 1. The van der Waals surface area contributed by atoms with E-state index in [1.165, 1.54) is 11.3 Å². The number of hydrogen-bond acceptors (Lipinski definition) is 4. The van der Waals surface area contributed by atoms with Crippen molar-refractivity contribution in [3.63, 3.8) is 0 Å². The van der Waals surface area contributed by atoms with Crippen molar-refractivity contribution < 1.29 is 15.0 Å². The molecular formula is C21H27NO3S. The molecule has 2 heterocycles. The van der Waals surface area contributed by atoms with E-state index >= 15 is 0 Å². The molecule has 1 fully saturated rings. The predicted molar refractivity (Wildman–Crippen MR) is 105 cm³/mol. The summed E-state index contributed by atoms with van der Waals surface area (Å²) in [6, 6.07) is 12.0. The molecule has 2 atom stereocenters. The van der Waals surface area contributed by atoms with E-state index in [9.17, 15) is 15.0 Å². The lowest BCUT2D eigenvalue weighted by Crippen LogP contribution is -2.54. The van der Waals surface area contributed by atoms with Gasteiger partial charge >= 0.3 is 0 Å². The van der Waals surface area contributed by atoms with Crippen LogP contribution in [0.3, 0.4) is 0 Å². The zero-order chi connectivity index (χ0) is 18.7. The molecule has 2 aromatic rings. The quantitative estimate of drug-likeness (QED) is 0.840. The van der Waals surface area contributed by atoms with Crippen LogP contribution in [0, 0.1) is 12.3 Å². The van der Waals surface area contributed by atoms with Crippen LogP contribution >= 0.6 is 11.3 Å². The average molecular weight is 374 g/mol. The molecule has 2 N–H and O–H groups in total. The van der Waals surface area contributed by atoms with Crippen LogP contribution in [-0.2, 0) is 0 Å². The molecule has 0 aliphatic carbocycles. The Balaban J connectivity index is 1.77. The van der Waals surface area contributed by atoms with E-state index in [4.69, 9.17) is 0 Å². The van der Waals surface area contributed by atoms with E-state index in [1.54, 1.807) is 4.90 Å². The van der Waals surface area contributed by atoms with E-state index in [1.807, 2.05) is 31.2 Å². The van der Waals surface area contributed by atoms with Crippen molar-refractivity contribution in [2.75, 3.05) is 19.7 Å². The number of benzene rings is 1. The van der Waals surface area contributed by atoms with Gasteiger partial charge in [0.2, 0.25) is 0 Å². The van der Waals surface area contributed by atoms with Gasteiger partial charge in [0.1, 0.15) is 0 Å². The molecule has 4 nitrogen and oxygen atoms in total. The molecule has 1 aromatic heterocycles. The standard InChI is InChI=1S/C21H27NO3S/c1-3-9-21(14-23)10-11-22(13-18(21)24)20(25)17-12-15(2)19(26-17)16-7-5-4-6-8-16/h4-8,12,18,23-24H,3,9-11,13-14H2,1-2H3/t18-,21-/m1/s1. The summed E-state index contributed by atoms with van der Waals surface area (Å²) in [5, 5.41) is 20.4. The van der Waals surface area contributed by atoms with Gasteiger partial charge in [-0.3, -0.25) is 4.79 Å². The maximum atomic E-state index is 13.0. The molecule has 1 saturated heterocycles. The lowest BCUT2D eigenvalue weighted by molar-refractivity contribution is -0.0712. The molecule has 0 saturated carbocycles. The van der Waals surface area contributed by atoms with Gasteiger partial charge in [-0.05, 0) is 37.0 Å². The first kappa shape index (κ1) is 19.1. The number of amides is 1. The van der Waals surface area contributed by atoms with Crippen LogP contribution in [0.4, 0.5) is 0 Å². The number of aliphatic hydroxyl groups is 2. The highest BCUT2D eigenvalue weighted by molar-refractivity contribution is 7.17. The minimum atomic E-state index is -0.681. The van der Waals surface area contributed by atoms with Crippen LogP contribution in [-0.4, -0.2) is 46.8 Å². The van der Waals surface area contributed by atoms with Gasteiger partial charge in [-0.15, -0.1) is 11.3 Å². The molecule has 3 rings (SSSR count). The van der Waals surface area contributed by atoms with Gasteiger partial charge in [0.25, 0.3) is 5.91 Å². The third-order valence-corrected chi connectivity index (χ3v) is 6.77. The summed E-state index contributed by atoms with van der Waals surface area (Å²) in [6.45, 7) is 4.92. The lowest BCUT2D eigenvalue weighted by Gasteiger charge is -2.44. The van der Waals surface area contributed by atoms with Gasteiger partial charge in [-0.2, -0.15) is 0 Å². The molecule has 1 aromatic carbocycles. The van der Waals surface area contributed by atoms with Gasteiger partial charge in [-0.25, -0.2) is 0 Å². The monoisotopic (exact) mass is 373 g/mol. The van der Waals surface area contributed by atoms with Gasteiger partial charge in [-0.1, -0.05) is 43.7 Å². The van der Waals surface area contributed by atoms with Crippen LogP contribution < -0.4 is 0 Å². The Morgan fingerprint density at radius 2 is 2.08 bits per heavy atom. The highest BCUT2D eigenvalue weighted by atomic mass is 32.1. The van der Waals surface area contributed by atoms with Crippen LogP contribution in [0.15, 0.2) is 36.4 Å². The molecule has 0 bridgehead atoms. The molecule has 5 heteroatoms. The number of thiophene rings is 1. The Hall–Kier alpha value is -1.69. The van der Waals surface area contributed by atoms with Crippen molar-refractivity contribution in [1.29, 1.82) is 0 Å². The third-order valence-electron chi connectivity index (χ3n) is 5.49. The summed E-state index contributed by atoms with van der Waals surface area (Å²) in [5.74, 6) is -0.0256. The fourth-order valence-corrected chi connectivity index (χ4v) is 5.02. The molecule has 140 valence electrons. The lowest BCUT2D eigenvalue weighted by atomic mass is 9.73. The van der Waals surface area contributed by atoms with Crippen molar-refractivity contribution in [3.05, 3.63) is 46.8 Å². The normalized spacial score (nSPS) is 23.2. The molecule has 0 radical (unpaired) electrons. The van der Waals surface area contributed by atoms with Crippen LogP contribution in [0.2, 0.25) is 0 Å². The highest BCUT2D eigenvalue weighted by Crippen LogP contribution is 2.38. The van der Waals surface area contributed by atoms with E-state index in [2.05, 4.69) is 19.1 Å². The number of aryl methyl sites for hydroxylation is 1. The Kier molecular flexibility index (Phi) is 5.80. The number of carbonyl (C=O) groups excluding carboxylic acids is 1. The maximum absolute atomic E-state index is 13.0. The second-order valence-electron chi connectivity index (χ2n) is 7.28. The van der Waals surface area contributed by atoms with Crippen molar-refractivity contribution in [3.8, 4) is 10.4 Å². The topological polar surface area (TPSA) is 60.8 Å². The third kappa shape index (κ3) is 3.56. The van der Waals surface area contributed by atoms with Gasteiger partial charge < -0.3 is 15.1 Å². The van der Waals surface area contributed by atoms with Crippen LogP contribution in [0.1, 0.15) is 41.4 Å². The van der Waals surface area contributed by atoms with Gasteiger partial charge in [0.05, 0.1) is 17.6 Å². The Morgan fingerprint density at radius 3 is 2.69 bits per heavy atom. The fraction of sp³-hybridized carbons (Fsp3) is 0.476. The molecular weight excluding hydrogens is 346 g/mol. The summed E-state index contributed by atoms with van der Waals surface area (Å²) >= 11 is 1.51. The minimum Gasteiger partial charge on any atom is -0.396 e. The second kappa shape index (κ2) is 7.91. The average Bonchev–Trinajstić information content (AvgIpc) is 3.05. The zero-order valence-electron chi connectivity index (χ0n) is 15.4. The van der Waals surface area contributed by atoms with E-state index in [-0.39, 0.29) is 19.1 Å². The number of piperidine rings is 1. The highest BCUT2D eigenvalue weighted by Gasteiger charge is 2.42. The van der Waals surface area contributed by atoms with Crippen molar-refractivity contribution in [2.45, 2.75) is 39.2 Å². The zero-order valence-corrected chi connectivity index (χ0v) is 16.3. The maximum Gasteiger partial charge on any atom is 0.264 e. The van der Waals surface area contributed by atoms with Crippen LogP contribution in [0.25, 0.3) is 10.4 Å². The summed E-state index contributed by atoms with van der Waals surface area (Å²) in [7, 11) is 0. The number of hydrogen-bond donors (Lipinski definition) is 2.